The zero-order valence-corrected chi connectivity index (χ0v) is 14.0. The van der Waals surface area contributed by atoms with Crippen LogP contribution in [0.1, 0.15) is 41.1 Å². The molecule has 3 N–H and O–H groups in total. The number of methoxy groups -OCH3 is 1. The minimum atomic E-state index is 0.0998. The Morgan fingerprint density at radius 3 is 2.68 bits per heavy atom. The smallest absolute Gasteiger partial charge is 0.122 e. The third-order valence-corrected chi connectivity index (χ3v) is 4.46. The highest BCUT2D eigenvalue weighted by atomic mass is 32.1. The van der Waals surface area contributed by atoms with Crippen molar-refractivity contribution in [1.82, 2.24) is 4.98 Å². The fraction of sp³-hybridized carbons (Fsp3) is 0.412. The maximum Gasteiger partial charge on any atom is 0.122 e. The molecule has 0 fully saturated rings. The molecule has 118 valence electrons. The summed E-state index contributed by atoms with van der Waals surface area (Å²) < 4.78 is 5.39. The summed E-state index contributed by atoms with van der Waals surface area (Å²) in [5, 5.41) is 10.8. The average molecular weight is 317 g/mol. The Morgan fingerprint density at radius 1 is 1.27 bits per heavy atom. The quantitative estimate of drug-likeness (QED) is 0.443. The topological polar surface area (TPSA) is 72.0 Å². The van der Waals surface area contributed by atoms with E-state index in [9.17, 15) is 0 Å². The number of ether oxygens (including phenoxy) is 1. The van der Waals surface area contributed by atoms with E-state index in [2.05, 4.69) is 10.4 Å². The molecule has 0 aliphatic heterocycles. The zero-order chi connectivity index (χ0) is 15.9. The summed E-state index contributed by atoms with van der Waals surface area (Å²) >= 11 is 1.71. The normalized spacial score (nSPS) is 10.6. The van der Waals surface area contributed by atoms with Crippen molar-refractivity contribution in [2.45, 2.75) is 39.0 Å². The van der Waals surface area contributed by atoms with Crippen molar-refractivity contribution in [3.63, 3.8) is 0 Å². The number of amidine groups is 1. The van der Waals surface area contributed by atoms with E-state index >= 15 is 0 Å². The molecule has 0 bridgehead atoms. The van der Waals surface area contributed by atoms with Crippen LogP contribution in [0.4, 0.5) is 0 Å². The van der Waals surface area contributed by atoms with E-state index in [0.717, 1.165) is 54.0 Å². The van der Waals surface area contributed by atoms with Gasteiger partial charge < -0.3 is 10.5 Å². The predicted octanol–water partition coefficient (Wildman–Crippen LogP) is 3.70. The van der Waals surface area contributed by atoms with E-state index in [-0.39, 0.29) is 5.84 Å². The van der Waals surface area contributed by atoms with Crippen LogP contribution >= 0.6 is 11.3 Å². The number of unbranched alkanes of at least 4 members (excludes halogenated alkanes) is 2. The lowest BCUT2D eigenvalue weighted by Gasteiger charge is -2.10. The van der Waals surface area contributed by atoms with Crippen LogP contribution in [-0.2, 0) is 12.8 Å². The molecule has 2 aromatic rings. The van der Waals surface area contributed by atoms with Gasteiger partial charge in [0.2, 0.25) is 0 Å². The number of aryl methyl sites for hydroxylation is 3. The van der Waals surface area contributed by atoms with Gasteiger partial charge in [-0.05, 0) is 56.4 Å². The van der Waals surface area contributed by atoms with Crippen LogP contribution in [0, 0.1) is 12.3 Å². The maximum atomic E-state index is 7.53. The summed E-state index contributed by atoms with van der Waals surface area (Å²) in [5.74, 6) is 0.975. The van der Waals surface area contributed by atoms with Crippen LogP contribution in [0.15, 0.2) is 23.6 Å². The molecule has 0 amide bonds. The number of nitrogens with one attached hydrogen (secondary N) is 1. The number of hydrogen-bond donors (Lipinski definition) is 2. The highest BCUT2D eigenvalue weighted by molar-refractivity contribution is 7.09. The molecule has 0 aliphatic carbocycles. The molecule has 1 aromatic carbocycles. The minimum Gasteiger partial charge on any atom is -0.496 e. The van der Waals surface area contributed by atoms with E-state index < -0.39 is 0 Å². The highest BCUT2D eigenvalue weighted by Gasteiger charge is 2.06. The molecule has 0 aliphatic rings. The first-order valence-electron chi connectivity index (χ1n) is 7.52. The van der Waals surface area contributed by atoms with Crippen molar-refractivity contribution in [1.29, 1.82) is 5.41 Å². The maximum absolute atomic E-state index is 7.53. The lowest BCUT2D eigenvalue weighted by atomic mass is 10.0. The van der Waals surface area contributed by atoms with Gasteiger partial charge in [0.05, 0.1) is 17.8 Å². The van der Waals surface area contributed by atoms with Gasteiger partial charge in [-0.25, -0.2) is 4.98 Å². The summed E-state index contributed by atoms with van der Waals surface area (Å²) in [6.45, 7) is 2.04. The molecule has 22 heavy (non-hydrogen) atoms. The Kier molecular flexibility index (Phi) is 5.95. The molecule has 0 saturated carbocycles. The van der Waals surface area contributed by atoms with E-state index in [0.29, 0.717) is 0 Å². The number of thiazole rings is 1. The molecular formula is C17H23N3OS. The van der Waals surface area contributed by atoms with Gasteiger partial charge in [-0.3, -0.25) is 5.41 Å². The van der Waals surface area contributed by atoms with Gasteiger partial charge in [0.15, 0.2) is 0 Å². The van der Waals surface area contributed by atoms with Crippen molar-refractivity contribution in [3.05, 3.63) is 45.4 Å². The first kappa shape index (κ1) is 16.5. The summed E-state index contributed by atoms with van der Waals surface area (Å²) in [4.78, 5) is 4.49. The SMILES string of the molecule is COc1ccc(C(=N)N)cc1CCCCCc1csc(C)n1. The Balaban J connectivity index is 1.82. The Labute approximate surface area is 135 Å². The van der Waals surface area contributed by atoms with Gasteiger partial charge >= 0.3 is 0 Å². The number of nitrogen functional groups attached to an aromatic ring is 1. The fourth-order valence-corrected chi connectivity index (χ4v) is 3.11. The summed E-state index contributed by atoms with van der Waals surface area (Å²) in [7, 11) is 1.68. The second-order valence-corrected chi connectivity index (χ2v) is 6.42. The van der Waals surface area contributed by atoms with Crippen molar-refractivity contribution in [2.24, 2.45) is 5.73 Å². The molecule has 1 heterocycles. The van der Waals surface area contributed by atoms with Gasteiger partial charge in [0.25, 0.3) is 0 Å². The van der Waals surface area contributed by atoms with Crippen LogP contribution in [0.25, 0.3) is 0 Å². The number of benzene rings is 1. The first-order valence-corrected chi connectivity index (χ1v) is 8.40. The molecule has 4 nitrogen and oxygen atoms in total. The standard InChI is InChI=1S/C17H23N3OS/c1-12-20-15(11-22-12)7-5-3-4-6-13-10-14(17(18)19)8-9-16(13)21-2/h8-11H,3-7H2,1-2H3,(H3,18,19). The molecule has 0 radical (unpaired) electrons. The van der Waals surface area contributed by atoms with Crippen molar-refractivity contribution >= 4 is 17.2 Å². The minimum absolute atomic E-state index is 0.0998. The van der Waals surface area contributed by atoms with E-state index in [1.165, 1.54) is 5.69 Å². The predicted molar refractivity (Wildman–Crippen MR) is 92.1 cm³/mol. The van der Waals surface area contributed by atoms with Crippen molar-refractivity contribution in [3.8, 4) is 5.75 Å². The van der Waals surface area contributed by atoms with Gasteiger partial charge in [-0.1, -0.05) is 6.42 Å². The second-order valence-electron chi connectivity index (χ2n) is 5.36. The number of rotatable bonds is 8. The van der Waals surface area contributed by atoms with Gasteiger partial charge in [0.1, 0.15) is 11.6 Å². The number of nitrogens with two attached hydrogens (primary N) is 1. The van der Waals surface area contributed by atoms with Crippen LogP contribution < -0.4 is 10.5 Å². The van der Waals surface area contributed by atoms with Gasteiger partial charge in [0, 0.05) is 10.9 Å². The Bertz CT molecular complexity index is 637. The first-order chi connectivity index (χ1) is 10.6. The number of nitrogens with zero attached hydrogens (tertiary/aromatic N) is 1. The van der Waals surface area contributed by atoms with Crippen LogP contribution in [0.2, 0.25) is 0 Å². The largest absolute Gasteiger partial charge is 0.496 e. The molecule has 0 saturated heterocycles. The highest BCUT2D eigenvalue weighted by Crippen LogP contribution is 2.22. The van der Waals surface area contributed by atoms with Crippen molar-refractivity contribution < 1.29 is 4.74 Å². The zero-order valence-electron chi connectivity index (χ0n) is 13.2. The molecule has 1 aromatic heterocycles. The number of hydrogen-bond acceptors (Lipinski definition) is 4. The lowest BCUT2D eigenvalue weighted by Crippen LogP contribution is -2.11. The van der Waals surface area contributed by atoms with E-state index in [1.54, 1.807) is 18.4 Å². The second kappa shape index (κ2) is 7.94. The monoisotopic (exact) mass is 317 g/mol. The molecule has 5 heteroatoms. The molecular weight excluding hydrogens is 294 g/mol. The summed E-state index contributed by atoms with van der Waals surface area (Å²) in [6, 6.07) is 5.68. The molecule has 0 atom stereocenters. The third kappa shape index (κ3) is 4.56. The Morgan fingerprint density at radius 2 is 2.05 bits per heavy atom. The molecule has 0 spiro atoms. The van der Waals surface area contributed by atoms with Gasteiger partial charge in [-0.15, -0.1) is 11.3 Å². The summed E-state index contributed by atoms with van der Waals surface area (Å²) in [6.07, 6.45) is 5.40. The molecule has 2 rings (SSSR count). The van der Waals surface area contributed by atoms with Crippen LogP contribution in [0.5, 0.6) is 5.75 Å². The third-order valence-electron chi connectivity index (χ3n) is 3.64. The number of aromatic nitrogens is 1. The van der Waals surface area contributed by atoms with Crippen LogP contribution in [-0.4, -0.2) is 17.9 Å². The van der Waals surface area contributed by atoms with Crippen molar-refractivity contribution in [2.75, 3.05) is 7.11 Å². The summed E-state index contributed by atoms with van der Waals surface area (Å²) in [5.41, 5.74) is 8.64. The van der Waals surface area contributed by atoms with Gasteiger partial charge in [-0.2, -0.15) is 0 Å². The average Bonchev–Trinajstić information content (AvgIpc) is 2.92. The fourth-order valence-electron chi connectivity index (χ4n) is 2.46. The van der Waals surface area contributed by atoms with E-state index in [4.69, 9.17) is 15.9 Å². The Hall–Kier alpha value is -1.88. The lowest BCUT2D eigenvalue weighted by molar-refractivity contribution is 0.408. The van der Waals surface area contributed by atoms with E-state index in [1.807, 2.05) is 25.1 Å². The molecule has 0 unspecified atom stereocenters. The van der Waals surface area contributed by atoms with Crippen LogP contribution in [0.3, 0.4) is 0 Å².